The molecule has 0 aliphatic carbocycles. The number of aryl methyl sites for hydroxylation is 2. The Bertz CT molecular complexity index is 2050. The molecule has 4 aromatic carbocycles. The molecule has 0 aliphatic rings. The fraction of sp³-hybridized carbons (Fsp3) is 0.256. The summed E-state index contributed by atoms with van der Waals surface area (Å²) in [5, 5.41) is 0. The van der Waals surface area contributed by atoms with Gasteiger partial charge >= 0.3 is 5.69 Å². The fourth-order valence-corrected chi connectivity index (χ4v) is 5.84. The molecule has 48 heavy (non-hydrogen) atoms. The molecule has 0 radical (unpaired) electrons. The first-order chi connectivity index (χ1) is 23.5. The van der Waals surface area contributed by atoms with Crippen molar-refractivity contribution in [3.05, 3.63) is 159 Å². The molecule has 0 aliphatic heterocycles. The zero-order valence-corrected chi connectivity index (χ0v) is 27.5. The highest BCUT2D eigenvalue weighted by Gasteiger charge is 2.15. The summed E-state index contributed by atoms with van der Waals surface area (Å²) >= 11 is 0. The van der Waals surface area contributed by atoms with Gasteiger partial charge in [0.25, 0.3) is 5.56 Å². The minimum atomic E-state index is -0.379. The Labute approximate surface area is 280 Å². The van der Waals surface area contributed by atoms with Crippen molar-refractivity contribution >= 4 is 11.2 Å². The number of aromatic nitrogens is 4. The molecule has 0 saturated heterocycles. The molecule has 0 bridgehead atoms. The van der Waals surface area contributed by atoms with E-state index in [0.29, 0.717) is 30.9 Å². The zero-order valence-electron chi connectivity index (χ0n) is 27.5. The van der Waals surface area contributed by atoms with Crippen LogP contribution in [0.3, 0.4) is 0 Å². The van der Waals surface area contributed by atoms with E-state index in [2.05, 4.69) is 70.5 Å². The molecule has 9 heteroatoms. The maximum atomic E-state index is 12.9. The molecule has 246 valence electrons. The zero-order chi connectivity index (χ0) is 33.3. The van der Waals surface area contributed by atoms with Crippen LogP contribution in [0.25, 0.3) is 11.2 Å². The van der Waals surface area contributed by atoms with Crippen molar-refractivity contribution in [2.75, 3.05) is 13.1 Å². The molecule has 0 fully saturated rings. The van der Waals surface area contributed by atoms with E-state index < -0.39 is 0 Å². The summed E-state index contributed by atoms with van der Waals surface area (Å²) in [5.41, 5.74) is 4.75. The number of rotatable bonds is 15. The molecule has 0 unspecified atom stereocenters. The molecule has 2 aromatic heterocycles. The Balaban J connectivity index is 1.16. The van der Waals surface area contributed by atoms with Gasteiger partial charge in [-0.15, -0.1) is 0 Å². The number of fused-ring (bicyclic) bond motifs is 1. The van der Waals surface area contributed by atoms with Gasteiger partial charge < -0.3 is 14.0 Å². The van der Waals surface area contributed by atoms with Crippen LogP contribution in [0.1, 0.15) is 28.7 Å². The molecule has 6 aromatic rings. The van der Waals surface area contributed by atoms with E-state index in [1.165, 1.54) is 17.2 Å². The van der Waals surface area contributed by atoms with Crippen molar-refractivity contribution in [1.82, 2.24) is 23.6 Å². The maximum Gasteiger partial charge on any atom is 0.332 e. The molecular formula is C39H41N5O4. The van der Waals surface area contributed by atoms with Crippen molar-refractivity contribution in [3.63, 3.8) is 0 Å². The highest BCUT2D eigenvalue weighted by atomic mass is 16.5. The predicted octanol–water partition coefficient (Wildman–Crippen LogP) is 5.73. The number of imidazole rings is 1. The van der Waals surface area contributed by atoms with Gasteiger partial charge in [-0.25, -0.2) is 9.78 Å². The van der Waals surface area contributed by atoms with Crippen LogP contribution < -0.4 is 20.7 Å². The first kappa shape index (κ1) is 32.5. The lowest BCUT2D eigenvalue weighted by Crippen LogP contribution is -2.37. The Morgan fingerprint density at radius 1 is 0.667 bits per heavy atom. The second kappa shape index (κ2) is 15.5. The Morgan fingerprint density at radius 2 is 1.27 bits per heavy atom. The summed E-state index contributed by atoms with van der Waals surface area (Å²) in [4.78, 5) is 32.1. The lowest BCUT2D eigenvalue weighted by molar-refractivity contribution is 0.253. The van der Waals surface area contributed by atoms with Crippen molar-refractivity contribution in [2.45, 2.75) is 39.1 Å². The molecule has 0 N–H and O–H groups in total. The molecule has 0 spiro atoms. The van der Waals surface area contributed by atoms with E-state index >= 15 is 0 Å². The molecule has 6 rings (SSSR count). The summed E-state index contributed by atoms with van der Waals surface area (Å²) in [5.74, 6) is 1.45. The average molecular weight is 644 g/mol. The second-order valence-electron chi connectivity index (χ2n) is 12.0. The van der Waals surface area contributed by atoms with Gasteiger partial charge in [0.2, 0.25) is 0 Å². The second-order valence-corrected chi connectivity index (χ2v) is 12.0. The SMILES string of the molecule is Cn1c(=O)c2c(ncn2CCCN(CCc2ccc(OCc3ccccc3)c(OCc3ccccc3)c2)Cc2ccccc2)n(C)c1=O. The van der Waals surface area contributed by atoms with Gasteiger partial charge in [0.05, 0.1) is 6.33 Å². The van der Waals surface area contributed by atoms with Crippen LogP contribution in [0.15, 0.2) is 125 Å². The summed E-state index contributed by atoms with van der Waals surface area (Å²) in [6.07, 6.45) is 3.29. The van der Waals surface area contributed by atoms with Crippen LogP contribution in [-0.4, -0.2) is 36.7 Å². The van der Waals surface area contributed by atoms with Crippen molar-refractivity contribution in [1.29, 1.82) is 0 Å². The maximum absolute atomic E-state index is 12.9. The van der Waals surface area contributed by atoms with E-state index in [1.807, 2.05) is 53.1 Å². The minimum Gasteiger partial charge on any atom is -0.485 e. The summed E-state index contributed by atoms with van der Waals surface area (Å²) < 4.78 is 17.0. The largest absolute Gasteiger partial charge is 0.485 e. The van der Waals surface area contributed by atoms with Crippen LogP contribution in [0.5, 0.6) is 11.5 Å². The van der Waals surface area contributed by atoms with Gasteiger partial charge in [-0.2, -0.15) is 0 Å². The number of benzene rings is 4. The van der Waals surface area contributed by atoms with Gasteiger partial charge in [-0.05, 0) is 47.2 Å². The number of ether oxygens (including phenoxy) is 2. The number of hydrogen-bond donors (Lipinski definition) is 0. The first-order valence-corrected chi connectivity index (χ1v) is 16.3. The molecule has 0 atom stereocenters. The standard InChI is InChI=1S/C39H41N5O4/c1-41-37-36(38(45)42(2)39(41)46)44(29-40-37)23-12-22-43(26-31-13-6-3-7-14-31)24-21-30-19-20-34(47-27-32-15-8-4-9-16-32)35(25-30)48-28-33-17-10-5-11-18-33/h3-11,13-20,25,29H,12,21-24,26-28H2,1-2H3. The van der Waals surface area contributed by atoms with Gasteiger partial charge in [-0.3, -0.25) is 18.8 Å². The third kappa shape index (κ3) is 7.93. The van der Waals surface area contributed by atoms with E-state index in [4.69, 9.17) is 9.47 Å². The monoisotopic (exact) mass is 643 g/mol. The lowest BCUT2D eigenvalue weighted by Gasteiger charge is -2.23. The normalized spacial score (nSPS) is 11.3. The lowest BCUT2D eigenvalue weighted by atomic mass is 10.1. The van der Waals surface area contributed by atoms with E-state index in [0.717, 1.165) is 65.2 Å². The fourth-order valence-electron chi connectivity index (χ4n) is 5.84. The Morgan fingerprint density at radius 3 is 1.92 bits per heavy atom. The quantitative estimate of drug-likeness (QED) is 0.142. The van der Waals surface area contributed by atoms with E-state index in [1.54, 1.807) is 13.4 Å². The summed E-state index contributed by atoms with van der Waals surface area (Å²) in [7, 11) is 3.15. The average Bonchev–Trinajstić information content (AvgIpc) is 3.56. The van der Waals surface area contributed by atoms with Crippen LogP contribution in [0, 0.1) is 0 Å². The van der Waals surface area contributed by atoms with Crippen molar-refractivity contribution < 1.29 is 9.47 Å². The third-order valence-electron chi connectivity index (χ3n) is 8.54. The predicted molar refractivity (Wildman–Crippen MR) is 188 cm³/mol. The topological polar surface area (TPSA) is 83.5 Å². The summed E-state index contributed by atoms with van der Waals surface area (Å²) in [6.45, 7) is 3.97. The highest BCUT2D eigenvalue weighted by molar-refractivity contribution is 5.69. The van der Waals surface area contributed by atoms with Crippen LogP contribution in [0.4, 0.5) is 0 Å². The molecule has 0 saturated carbocycles. The number of hydrogen-bond acceptors (Lipinski definition) is 6. The first-order valence-electron chi connectivity index (χ1n) is 16.3. The Kier molecular flexibility index (Phi) is 10.5. The summed E-state index contributed by atoms with van der Waals surface area (Å²) in [6, 6.07) is 37.0. The van der Waals surface area contributed by atoms with E-state index in [-0.39, 0.29) is 11.2 Å². The highest BCUT2D eigenvalue weighted by Crippen LogP contribution is 2.30. The molecule has 0 amide bonds. The van der Waals surface area contributed by atoms with Crippen molar-refractivity contribution in [3.8, 4) is 11.5 Å². The third-order valence-corrected chi connectivity index (χ3v) is 8.54. The molecule has 2 heterocycles. The number of nitrogens with zero attached hydrogens (tertiary/aromatic N) is 5. The van der Waals surface area contributed by atoms with Gasteiger partial charge in [0.1, 0.15) is 13.2 Å². The van der Waals surface area contributed by atoms with Crippen molar-refractivity contribution in [2.24, 2.45) is 14.1 Å². The minimum absolute atomic E-state index is 0.326. The van der Waals surface area contributed by atoms with Crippen LogP contribution >= 0.6 is 0 Å². The van der Waals surface area contributed by atoms with Gasteiger partial charge in [-0.1, -0.05) is 97.1 Å². The molecular weight excluding hydrogens is 602 g/mol. The smallest absolute Gasteiger partial charge is 0.332 e. The van der Waals surface area contributed by atoms with Gasteiger partial charge in [0.15, 0.2) is 22.7 Å². The Hall–Kier alpha value is -5.41. The van der Waals surface area contributed by atoms with Gasteiger partial charge in [0, 0.05) is 40.3 Å². The van der Waals surface area contributed by atoms with E-state index in [9.17, 15) is 9.59 Å². The molecule has 9 nitrogen and oxygen atoms in total. The van der Waals surface area contributed by atoms with Crippen LogP contribution in [0.2, 0.25) is 0 Å². The van der Waals surface area contributed by atoms with Crippen LogP contribution in [-0.2, 0) is 46.8 Å².